The third-order valence-corrected chi connectivity index (χ3v) is 5.05. The van der Waals surface area contributed by atoms with Crippen LogP contribution in [0.1, 0.15) is 32.8 Å². The van der Waals surface area contributed by atoms with Crippen molar-refractivity contribution in [1.82, 2.24) is 5.32 Å². The molecule has 1 fully saturated rings. The first-order valence-electron chi connectivity index (χ1n) is 8.22. The van der Waals surface area contributed by atoms with Gasteiger partial charge < -0.3 is 20.9 Å². The van der Waals surface area contributed by atoms with Gasteiger partial charge in [0, 0.05) is 31.4 Å². The minimum atomic E-state index is -0.945. The molecule has 3 atom stereocenters. The summed E-state index contributed by atoms with van der Waals surface area (Å²) in [6, 6.07) is 9.71. The Morgan fingerprint density at radius 1 is 1.43 bits per heavy atom. The third-order valence-electron chi connectivity index (χ3n) is 5.05. The maximum Gasteiger partial charge on any atom is 0.240 e. The Morgan fingerprint density at radius 3 is 2.65 bits per heavy atom. The molecule has 1 amide bonds. The van der Waals surface area contributed by atoms with E-state index < -0.39 is 17.1 Å². The quantitative estimate of drug-likeness (QED) is 0.706. The van der Waals surface area contributed by atoms with Gasteiger partial charge in [0.05, 0.1) is 12.2 Å². The van der Waals surface area contributed by atoms with Crippen LogP contribution in [0.3, 0.4) is 0 Å². The third kappa shape index (κ3) is 3.57. The van der Waals surface area contributed by atoms with Crippen molar-refractivity contribution in [2.75, 3.05) is 13.2 Å². The van der Waals surface area contributed by atoms with Gasteiger partial charge in [-0.1, -0.05) is 44.2 Å². The van der Waals surface area contributed by atoms with E-state index in [9.17, 15) is 9.90 Å². The fraction of sp³-hybridized carbons (Fsp3) is 0.611. The van der Waals surface area contributed by atoms with E-state index in [1.165, 1.54) is 0 Å². The molecular weight excluding hydrogens is 292 g/mol. The van der Waals surface area contributed by atoms with Crippen LogP contribution in [0.5, 0.6) is 0 Å². The zero-order valence-corrected chi connectivity index (χ0v) is 14.2. The fourth-order valence-corrected chi connectivity index (χ4v) is 3.15. The second-order valence-corrected chi connectivity index (χ2v) is 6.89. The van der Waals surface area contributed by atoms with Gasteiger partial charge in [0.15, 0.2) is 0 Å². The standard InChI is InChI=1S/C18H28N2O3/c1-4-23-15-11-18(19,17(15,2)3)16(22)20-12-14(21)10-13-8-6-5-7-9-13/h5-9,14-15,21H,4,10-12,19H2,1-3H3,(H,20,22). The number of nitrogens with two attached hydrogens (primary N) is 1. The first kappa shape index (κ1) is 17.9. The fourth-order valence-electron chi connectivity index (χ4n) is 3.15. The van der Waals surface area contributed by atoms with Gasteiger partial charge in [0.2, 0.25) is 5.91 Å². The number of rotatable bonds is 7. The number of ether oxygens (including phenoxy) is 1. The number of hydrogen-bond donors (Lipinski definition) is 3. The first-order valence-corrected chi connectivity index (χ1v) is 8.22. The van der Waals surface area contributed by atoms with E-state index >= 15 is 0 Å². The molecule has 1 aromatic rings. The largest absolute Gasteiger partial charge is 0.391 e. The van der Waals surface area contributed by atoms with E-state index in [1.54, 1.807) is 0 Å². The lowest BCUT2D eigenvalue weighted by Gasteiger charge is -2.57. The Hall–Kier alpha value is -1.43. The van der Waals surface area contributed by atoms with E-state index in [0.717, 1.165) is 5.56 Å². The van der Waals surface area contributed by atoms with Crippen molar-refractivity contribution in [2.24, 2.45) is 11.1 Å². The van der Waals surface area contributed by atoms with E-state index in [2.05, 4.69) is 5.32 Å². The van der Waals surface area contributed by atoms with Gasteiger partial charge in [-0.3, -0.25) is 4.79 Å². The van der Waals surface area contributed by atoms with Crippen molar-refractivity contribution in [3.63, 3.8) is 0 Å². The molecule has 1 aliphatic carbocycles. The molecule has 23 heavy (non-hydrogen) atoms. The summed E-state index contributed by atoms with van der Waals surface area (Å²) in [4.78, 5) is 12.5. The smallest absolute Gasteiger partial charge is 0.240 e. The van der Waals surface area contributed by atoms with E-state index in [-0.39, 0.29) is 18.6 Å². The Balaban J connectivity index is 1.85. The Kier molecular flexibility index (Phi) is 5.45. The Labute approximate surface area is 138 Å². The number of aliphatic hydroxyl groups is 1. The summed E-state index contributed by atoms with van der Waals surface area (Å²) in [5.41, 5.74) is 5.98. The second kappa shape index (κ2) is 6.99. The first-order chi connectivity index (χ1) is 10.8. The lowest BCUT2D eigenvalue weighted by molar-refractivity contribution is -0.170. The van der Waals surface area contributed by atoms with Gasteiger partial charge in [-0.25, -0.2) is 0 Å². The number of hydrogen-bond acceptors (Lipinski definition) is 4. The van der Waals surface area contributed by atoms with Gasteiger partial charge in [-0.15, -0.1) is 0 Å². The molecular formula is C18H28N2O3. The molecule has 2 rings (SSSR count). The van der Waals surface area contributed by atoms with E-state index in [4.69, 9.17) is 10.5 Å². The van der Waals surface area contributed by atoms with Crippen molar-refractivity contribution >= 4 is 5.91 Å². The summed E-state index contributed by atoms with van der Waals surface area (Å²) in [5, 5.41) is 12.9. The highest BCUT2D eigenvalue weighted by molar-refractivity contribution is 5.88. The maximum atomic E-state index is 12.5. The van der Waals surface area contributed by atoms with Crippen LogP contribution in [0.4, 0.5) is 0 Å². The van der Waals surface area contributed by atoms with Gasteiger partial charge in [-0.05, 0) is 12.5 Å². The summed E-state index contributed by atoms with van der Waals surface area (Å²) in [6.07, 6.45) is 0.381. The molecule has 1 aliphatic rings. The molecule has 0 aromatic heterocycles. The lowest BCUT2D eigenvalue weighted by atomic mass is 9.54. The minimum Gasteiger partial charge on any atom is -0.391 e. The zero-order chi connectivity index (χ0) is 17.1. The predicted molar refractivity (Wildman–Crippen MR) is 89.9 cm³/mol. The molecule has 0 spiro atoms. The molecule has 4 N–H and O–H groups in total. The van der Waals surface area contributed by atoms with Crippen LogP contribution in [0.15, 0.2) is 30.3 Å². The van der Waals surface area contributed by atoms with Crippen LogP contribution in [0, 0.1) is 5.41 Å². The molecule has 1 aromatic carbocycles. The van der Waals surface area contributed by atoms with Crippen molar-refractivity contribution in [3.8, 4) is 0 Å². The van der Waals surface area contributed by atoms with Crippen LogP contribution in [-0.4, -0.2) is 41.9 Å². The average Bonchev–Trinajstić information content (AvgIpc) is 2.53. The van der Waals surface area contributed by atoms with Gasteiger partial charge in [-0.2, -0.15) is 0 Å². The molecule has 0 aliphatic heterocycles. The van der Waals surface area contributed by atoms with Crippen molar-refractivity contribution in [3.05, 3.63) is 35.9 Å². The molecule has 3 unspecified atom stereocenters. The molecule has 5 heteroatoms. The molecule has 0 radical (unpaired) electrons. The number of carbonyl (C=O) groups excluding carboxylic acids is 1. The lowest BCUT2D eigenvalue weighted by Crippen LogP contribution is -2.76. The van der Waals surface area contributed by atoms with Crippen LogP contribution in [-0.2, 0) is 16.0 Å². The number of benzene rings is 1. The van der Waals surface area contributed by atoms with Gasteiger partial charge in [0.1, 0.15) is 5.54 Å². The molecule has 0 heterocycles. The summed E-state index contributed by atoms with van der Waals surface area (Å²) < 4.78 is 5.63. The number of nitrogens with one attached hydrogen (secondary N) is 1. The Bertz CT molecular complexity index is 532. The van der Waals surface area contributed by atoms with E-state index in [0.29, 0.717) is 19.4 Å². The highest BCUT2D eigenvalue weighted by atomic mass is 16.5. The summed E-state index contributed by atoms with van der Waals surface area (Å²) in [7, 11) is 0. The molecule has 1 saturated carbocycles. The molecule has 0 bridgehead atoms. The summed E-state index contributed by atoms with van der Waals surface area (Å²) >= 11 is 0. The highest BCUT2D eigenvalue weighted by Crippen LogP contribution is 2.49. The minimum absolute atomic E-state index is 0.00232. The molecule has 0 saturated heterocycles. The Morgan fingerprint density at radius 2 is 2.09 bits per heavy atom. The number of aliphatic hydroxyl groups excluding tert-OH is 1. The van der Waals surface area contributed by atoms with Gasteiger partial charge in [0.25, 0.3) is 0 Å². The molecule has 128 valence electrons. The van der Waals surface area contributed by atoms with Crippen molar-refractivity contribution in [2.45, 2.75) is 51.4 Å². The number of amides is 1. The topological polar surface area (TPSA) is 84.6 Å². The normalized spacial score (nSPS) is 27.1. The SMILES string of the molecule is CCOC1CC(N)(C(=O)NCC(O)Cc2ccccc2)C1(C)C. The second-order valence-electron chi connectivity index (χ2n) is 6.89. The summed E-state index contributed by atoms with van der Waals surface area (Å²) in [6.45, 7) is 6.66. The zero-order valence-electron chi connectivity index (χ0n) is 14.2. The van der Waals surface area contributed by atoms with Crippen LogP contribution in [0.2, 0.25) is 0 Å². The average molecular weight is 320 g/mol. The maximum absolute atomic E-state index is 12.5. The van der Waals surface area contributed by atoms with Crippen LogP contribution < -0.4 is 11.1 Å². The van der Waals surface area contributed by atoms with Crippen molar-refractivity contribution in [1.29, 1.82) is 0 Å². The highest BCUT2D eigenvalue weighted by Gasteiger charge is 2.62. The van der Waals surface area contributed by atoms with Crippen molar-refractivity contribution < 1.29 is 14.6 Å². The molecule has 5 nitrogen and oxygen atoms in total. The predicted octanol–water partition coefficient (Wildman–Crippen LogP) is 1.24. The van der Waals surface area contributed by atoms with Gasteiger partial charge >= 0.3 is 0 Å². The van der Waals surface area contributed by atoms with E-state index in [1.807, 2.05) is 51.1 Å². The monoisotopic (exact) mass is 320 g/mol. The number of carbonyl (C=O) groups is 1. The van der Waals surface area contributed by atoms with Crippen LogP contribution >= 0.6 is 0 Å². The van der Waals surface area contributed by atoms with Crippen LogP contribution in [0.25, 0.3) is 0 Å². The summed E-state index contributed by atoms with van der Waals surface area (Å²) in [5.74, 6) is -0.217.